The lowest BCUT2D eigenvalue weighted by atomic mass is 10.1. The number of aliphatic carboxylic acids is 1. The minimum Gasteiger partial charge on any atom is -0.481 e. The van der Waals surface area contributed by atoms with Crippen LogP contribution >= 0.6 is 0 Å². The molecule has 2 nitrogen and oxygen atoms in total. The van der Waals surface area contributed by atoms with Crippen LogP contribution in [0.3, 0.4) is 0 Å². The summed E-state index contributed by atoms with van der Waals surface area (Å²) >= 11 is 0. The third-order valence-electron chi connectivity index (χ3n) is 2.84. The molecule has 0 aromatic rings. The van der Waals surface area contributed by atoms with Crippen molar-refractivity contribution in [3.63, 3.8) is 0 Å². The van der Waals surface area contributed by atoms with Gasteiger partial charge in [-0.25, -0.2) is 0 Å². The number of carboxylic acid groups (broad SMARTS) is 1. The topological polar surface area (TPSA) is 37.3 Å². The second-order valence-corrected chi connectivity index (χ2v) is 4.67. The van der Waals surface area contributed by atoms with E-state index in [2.05, 4.69) is 19.1 Å². The third kappa shape index (κ3) is 14.9. The van der Waals surface area contributed by atoms with Gasteiger partial charge in [0.2, 0.25) is 0 Å². The van der Waals surface area contributed by atoms with E-state index in [1.165, 1.54) is 38.5 Å². The lowest BCUT2D eigenvalue weighted by Gasteiger charge is -1.95. The summed E-state index contributed by atoms with van der Waals surface area (Å²) < 4.78 is 0. The van der Waals surface area contributed by atoms with E-state index >= 15 is 0 Å². The Bertz CT molecular complexity index is 241. The van der Waals surface area contributed by atoms with Crippen LogP contribution in [0.5, 0.6) is 0 Å². The standard InChI is InChI=1S/C16H28O2/c1-2-3-4-5-6-7-8-9-10-11-12-13-14-15-16(17)18/h7-8,13-14H,2-6,9-12,15H2,1H3,(H,17,18)/b8-7-,14-13-. The second-order valence-electron chi connectivity index (χ2n) is 4.67. The minimum absolute atomic E-state index is 0.150. The average molecular weight is 252 g/mol. The number of carboxylic acids is 1. The second kappa shape index (κ2) is 14.0. The molecule has 18 heavy (non-hydrogen) atoms. The number of hydrogen-bond acceptors (Lipinski definition) is 1. The average Bonchev–Trinajstić information content (AvgIpc) is 2.34. The Labute approximate surface area is 112 Å². The summed E-state index contributed by atoms with van der Waals surface area (Å²) in [5.41, 5.74) is 0. The molecule has 0 bridgehead atoms. The van der Waals surface area contributed by atoms with Crippen molar-refractivity contribution in [2.75, 3.05) is 0 Å². The smallest absolute Gasteiger partial charge is 0.307 e. The van der Waals surface area contributed by atoms with Gasteiger partial charge in [-0.3, -0.25) is 4.79 Å². The van der Waals surface area contributed by atoms with E-state index in [-0.39, 0.29) is 6.42 Å². The molecule has 0 unspecified atom stereocenters. The summed E-state index contributed by atoms with van der Waals surface area (Å²) in [4.78, 5) is 10.2. The Morgan fingerprint density at radius 2 is 1.33 bits per heavy atom. The molecule has 104 valence electrons. The summed E-state index contributed by atoms with van der Waals surface area (Å²) in [6.45, 7) is 2.24. The zero-order valence-electron chi connectivity index (χ0n) is 11.7. The SMILES string of the molecule is CCCCCC/C=C\CCCC/C=C\CC(=O)O. The van der Waals surface area contributed by atoms with Crippen LogP contribution in [0.2, 0.25) is 0 Å². The van der Waals surface area contributed by atoms with Gasteiger partial charge in [0.25, 0.3) is 0 Å². The molecule has 0 heterocycles. The van der Waals surface area contributed by atoms with E-state index in [9.17, 15) is 4.79 Å². The van der Waals surface area contributed by atoms with Gasteiger partial charge >= 0.3 is 5.97 Å². The Kier molecular flexibility index (Phi) is 13.2. The maximum atomic E-state index is 10.2. The van der Waals surface area contributed by atoms with Crippen LogP contribution in [-0.4, -0.2) is 11.1 Å². The minimum atomic E-state index is -0.753. The van der Waals surface area contributed by atoms with Gasteiger partial charge in [0, 0.05) is 0 Å². The highest BCUT2D eigenvalue weighted by molar-refractivity contribution is 5.68. The first-order valence-corrected chi connectivity index (χ1v) is 7.29. The van der Waals surface area contributed by atoms with E-state index in [1.54, 1.807) is 6.08 Å². The Morgan fingerprint density at radius 1 is 0.833 bits per heavy atom. The maximum Gasteiger partial charge on any atom is 0.307 e. The van der Waals surface area contributed by atoms with Crippen molar-refractivity contribution in [1.82, 2.24) is 0 Å². The van der Waals surface area contributed by atoms with Gasteiger partial charge in [-0.05, 0) is 38.5 Å². The molecule has 0 aromatic carbocycles. The molecule has 2 heteroatoms. The number of allylic oxidation sites excluding steroid dienone is 3. The monoisotopic (exact) mass is 252 g/mol. The summed E-state index contributed by atoms with van der Waals surface area (Å²) in [5.74, 6) is -0.753. The van der Waals surface area contributed by atoms with Crippen molar-refractivity contribution in [1.29, 1.82) is 0 Å². The molecule has 0 spiro atoms. The molecule has 0 aliphatic carbocycles. The number of unbranched alkanes of at least 4 members (excludes halogenated alkanes) is 7. The third-order valence-corrected chi connectivity index (χ3v) is 2.84. The molecule has 0 rings (SSSR count). The van der Waals surface area contributed by atoms with Crippen LogP contribution < -0.4 is 0 Å². The fourth-order valence-electron chi connectivity index (χ4n) is 1.75. The lowest BCUT2D eigenvalue weighted by Crippen LogP contribution is -1.89. The highest BCUT2D eigenvalue weighted by Crippen LogP contribution is 2.05. The van der Waals surface area contributed by atoms with Gasteiger partial charge < -0.3 is 5.11 Å². The molecule has 0 atom stereocenters. The van der Waals surface area contributed by atoms with Gasteiger partial charge in [0.1, 0.15) is 0 Å². The quantitative estimate of drug-likeness (QED) is 0.387. The predicted octanol–water partition coefficient (Wildman–Crippen LogP) is 5.10. The first-order valence-electron chi connectivity index (χ1n) is 7.29. The highest BCUT2D eigenvalue weighted by Gasteiger charge is 1.89. The van der Waals surface area contributed by atoms with E-state index < -0.39 is 5.97 Å². The fourth-order valence-corrected chi connectivity index (χ4v) is 1.75. The van der Waals surface area contributed by atoms with Gasteiger partial charge in [-0.2, -0.15) is 0 Å². The van der Waals surface area contributed by atoms with Crippen LogP contribution in [-0.2, 0) is 4.79 Å². The zero-order valence-corrected chi connectivity index (χ0v) is 11.7. The van der Waals surface area contributed by atoms with Crippen molar-refractivity contribution in [2.45, 2.75) is 71.1 Å². The maximum absolute atomic E-state index is 10.2. The summed E-state index contributed by atoms with van der Waals surface area (Å²) in [7, 11) is 0. The van der Waals surface area contributed by atoms with Crippen molar-refractivity contribution in [2.24, 2.45) is 0 Å². The van der Waals surface area contributed by atoms with Crippen LogP contribution in [0.4, 0.5) is 0 Å². The van der Waals surface area contributed by atoms with Crippen LogP contribution in [0, 0.1) is 0 Å². The summed E-state index contributed by atoms with van der Waals surface area (Å²) in [5, 5.41) is 8.43. The van der Waals surface area contributed by atoms with E-state index in [0.29, 0.717) is 0 Å². The van der Waals surface area contributed by atoms with Gasteiger partial charge in [-0.15, -0.1) is 0 Å². The van der Waals surface area contributed by atoms with Gasteiger partial charge in [0.05, 0.1) is 6.42 Å². The van der Waals surface area contributed by atoms with E-state index in [1.807, 2.05) is 6.08 Å². The molecule has 0 aliphatic heterocycles. The van der Waals surface area contributed by atoms with Gasteiger partial charge in [-0.1, -0.05) is 50.5 Å². The molecular formula is C16H28O2. The first kappa shape index (κ1) is 16.9. The predicted molar refractivity (Wildman–Crippen MR) is 77.8 cm³/mol. The summed E-state index contributed by atoms with van der Waals surface area (Å²) in [6, 6.07) is 0. The molecular weight excluding hydrogens is 224 g/mol. The van der Waals surface area contributed by atoms with Crippen molar-refractivity contribution < 1.29 is 9.90 Å². The zero-order chi connectivity index (χ0) is 13.5. The Hall–Kier alpha value is -1.05. The van der Waals surface area contributed by atoms with Crippen LogP contribution in [0.25, 0.3) is 0 Å². The molecule has 0 amide bonds. The fraction of sp³-hybridized carbons (Fsp3) is 0.688. The molecule has 0 fully saturated rings. The number of carbonyl (C=O) groups is 1. The lowest BCUT2D eigenvalue weighted by molar-refractivity contribution is -0.136. The van der Waals surface area contributed by atoms with Crippen molar-refractivity contribution in [3.05, 3.63) is 24.3 Å². The van der Waals surface area contributed by atoms with Crippen LogP contribution in [0.15, 0.2) is 24.3 Å². The largest absolute Gasteiger partial charge is 0.481 e. The molecule has 0 saturated heterocycles. The highest BCUT2D eigenvalue weighted by atomic mass is 16.4. The number of rotatable bonds is 12. The molecule has 0 aromatic heterocycles. The van der Waals surface area contributed by atoms with Gasteiger partial charge in [0.15, 0.2) is 0 Å². The Balaban J connectivity index is 3.17. The Morgan fingerprint density at radius 3 is 1.83 bits per heavy atom. The van der Waals surface area contributed by atoms with Crippen molar-refractivity contribution in [3.8, 4) is 0 Å². The molecule has 1 N–H and O–H groups in total. The van der Waals surface area contributed by atoms with Crippen molar-refractivity contribution >= 4 is 5.97 Å². The summed E-state index contributed by atoms with van der Waals surface area (Å²) in [6.07, 6.45) is 19.5. The number of hydrogen-bond donors (Lipinski definition) is 1. The van der Waals surface area contributed by atoms with Crippen LogP contribution in [0.1, 0.15) is 71.1 Å². The first-order chi connectivity index (χ1) is 8.77. The molecule has 0 radical (unpaired) electrons. The van der Waals surface area contributed by atoms with E-state index in [4.69, 9.17) is 5.11 Å². The van der Waals surface area contributed by atoms with E-state index in [0.717, 1.165) is 19.3 Å². The molecule has 0 aliphatic rings. The molecule has 0 saturated carbocycles. The normalized spacial score (nSPS) is 11.6.